The summed E-state index contributed by atoms with van der Waals surface area (Å²) < 4.78 is 0. The maximum atomic E-state index is 4.65. The fourth-order valence-corrected chi connectivity index (χ4v) is 4.89. The molecule has 1 aliphatic rings. The van der Waals surface area contributed by atoms with Crippen LogP contribution in [0.1, 0.15) is 28.1 Å². The van der Waals surface area contributed by atoms with Crippen molar-refractivity contribution in [3.05, 3.63) is 88.3 Å². The van der Waals surface area contributed by atoms with E-state index in [0.29, 0.717) is 0 Å². The van der Waals surface area contributed by atoms with Gasteiger partial charge in [0.05, 0.1) is 11.2 Å². The van der Waals surface area contributed by atoms with Gasteiger partial charge >= 0.3 is 0 Å². The van der Waals surface area contributed by atoms with Crippen molar-refractivity contribution in [3.63, 3.8) is 0 Å². The van der Waals surface area contributed by atoms with E-state index in [2.05, 4.69) is 87.9 Å². The molecule has 0 atom stereocenters. The Labute approximate surface area is 180 Å². The molecule has 0 radical (unpaired) electrons. The highest BCUT2D eigenvalue weighted by Crippen LogP contribution is 2.35. The smallest absolute Gasteiger partial charge is 0.116 e. The van der Waals surface area contributed by atoms with E-state index in [1.807, 2.05) is 6.08 Å². The third kappa shape index (κ3) is 3.36. The predicted octanol–water partition coefficient (Wildman–Crippen LogP) is 5.92. The standard InChI is InChI=1S/C25H24N4S/c1-3-5-19(24-6-4-13-30-24)20-15-23(27-16(20)2)25-21-14-18(7-8-22(21)28-29-25)17-9-11-26-12-10-17/h3-9,13-15,26-27H,1,10-12H2,2H3,(H,28,29)/b19-5+. The largest absolute Gasteiger partial charge is 0.357 e. The molecule has 4 heterocycles. The summed E-state index contributed by atoms with van der Waals surface area (Å²) in [6, 6.07) is 13.0. The summed E-state index contributed by atoms with van der Waals surface area (Å²) in [4.78, 5) is 4.79. The number of aryl methyl sites for hydroxylation is 1. The molecule has 0 saturated carbocycles. The molecule has 0 fully saturated rings. The lowest BCUT2D eigenvalue weighted by Gasteiger charge is -2.14. The zero-order chi connectivity index (χ0) is 20.5. The average Bonchev–Trinajstić information content (AvgIpc) is 3.52. The van der Waals surface area contributed by atoms with Gasteiger partial charge in [-0.1, -0.05) is 36.9 Å². The molecule has 4 aromatic rings. The maximum Gasteiger partial charge on any atom is 0.116 e. The third-order valence-corrected chi connectivity index (χ3v) is 6.53. The van der Waals surface area contributed by atoms with Gasteiger partial charge in [0.25, 0.3) is 0 Å². The molecule has 1 aromatic carbocycles. The molecule has 0 spiro atoms. The number of benzene rings is 1. The first-order chi connectivity index (χ1) is 14.7. The lowest BCUT2D eigenvalue weighted by molar-refractivity contribution is 0.739. The second-order valence-corrected chi connectivity index (χ2v) is 8.48. The first-order valence-electron chi connectivity index (χ1n) is 10.2. The Morgan fingerprint density at radius 1 is 1.23 bits per heavy atom. The van der Waals surface area contributed by atoms with Gasteiger partial charge in [-0.15, -0.1) is 11.3 Å². The first kappa shape index (κ1) is 18.9. The van der Waals surface area contributed by atoms with Crippen LogP contribution >= 0.6 is 11.3 Å². The molecule has 150 valence electrons. The number of aromatic nitrogens is 3. The minimum absolute atomic E-state index is 0.936. The molecule has 0 aliphatic carbocycles. The van der Waals surface area contributed by atoms with Crippen LogP contribution in [0.5, 0.6) is 0 Å². The molecule has 1 aliphatic heterocycles. The Kier molecular flexibility index (Phi) is 4.99. The van der Waals surface area contributed by atoms with Crippen LogP contribution in [0.15, 0.2) is 66.6 Å². The highest BCUT2D eigenvalue weighted by Gasteiger charge is 2.17. The SMILES string of the molecule is C=C/C=C(/c1cccs1)c1cc(-c2n[nH]c3ccc(C4=CCNCC4)cc23)[nH]c1C. The van der Waals surface area contributed by atoms with Crippen LogP contribution in [0.4, 0.5) is 0 Å². The van der Waals surface area contributed by atoms with Gasteiger partial charge in [0.1, 0.15) is 5.69 Å². The minimum Gasteiger partial charge on any atom is -0.357 e. The van der Waals surface area contributed by atoms with E-state index in [-0.39, 0.29) is 0 Å². The lowest BCUT2D eigenvalue weighted by atomic mass is 9.98. The summed E-state index contributed by atoms with van der Waals surface area (Å²) in [6.07, 6.45) is 7.27. The number of hydrogen-bond acceptors (Lipinski definition) is 3. The van der Waals surface area contributed by atoms with Gasteiger partial charge in [0.15, 0.2) is 0 Å². The maximum absolute atomic E-state index is 4.65. The van der Waals surface area contributed by atoms with Crippen molar-refractivity contribution in [1.29, 1.82) is 0 Å². The van der Waals surface area contributed by atoms with Gasteiger partial charge in [-0.05, 0) is 60.7 Å². The zero-order valence-electron chi connectivity index (χ0n) is 17.0. The molecule has 30 heavy (non-hydrogen) atoms. The summed E-state index contributed by atoms with van der Waals surface area (Å²) in [7, 11) is 0. The normalized spacial score (nSPS) is 14.8. The zero-order valence-corrected chi connectivity index (χ0v) is 17.8. The third-order valence-electron chi connectivity index (χ3n) is 5.63. The molecule has 5 heteroatoms. The molecular weight excluding hydrogens is 388 g/mol. The van der Waals surface area contributed by atoms with E-state index in [1.54, 1.807) is 11.3 Å². The number of fused-ring (bicyclic) bond motifs is 1. The molecule has 0 amide bonds. The highest BCUT2D eigenvalue weighted by molar-refractivity contribution is 7.11. The second-order valence-electron chi connectivity index (χ2n) is 7.53. The van der Waals surface area contributed by atoms with Crippen molar-refractivity contribution >= 4 is 33.4 Å². The van der Waals surface area contributed by atoms with E-state index >= 15 is 0 Å². The number of thiophene rings is 1. The fourth-order valence-electron chi connectivity index (χ4n) is 4.12. The minimum atomic E-state index is 0.936. The van der Waals surface area contributed by atoms with Crippen LogP contribution in [0, 0.1) is 6.92 Å². The Morgan fingerprint density at radius 2 is 2.17 bits per heavy atom. The van der Waals surface area contributed by atoms with E-state index in [1.165, 1.54) is 27.2 Å². The van der Waals surface area contributed by atoms with Crippen molar-refractivity contribution in [2.45, 2.75) is 13.3 Å². The van der Waals surface area contributed by atoms with Crippen LogP contribution < -0.4 is 5.32 Å². The van der Waals surface area contributed by atoms with Crippen molar-refractivity contribution in [2.75, 3.05) is 13.1 Å². The summed E-state index contributed by atoms with van der Waals surface area (Å²) >= 11 is 1.74. The summed E-state index contributed by atoms with van der Waals surface area (Å²) in [5.41, 5.74) is 9.20. The van der Waals surface area contributed by atoms with E-state index < -0.39 is 0 Å². The van der Waals surface area contributed by atoms with Gasteiger partial charge in [0.2, 0.25) is 0 Å². The predicted molar refractivity (Wildman–Crippen MR) is 128 cm³/mol. The molecule has 4 nitrogen and oxygen atoms in total. The average molecular weight is 413 g/mol. The Morgan fingerprint density at radius 3 is 2.93 bits per heavy atom. The highest BCUT2D eigenvalue weighted by atomic mass is 32.1. The van der Waals surface area contributed by atoms with E-state index in [9.17, 15) is 0 Å². The molecule has 0 bridgehead atoms. The molecule has 0 saturated heterocycles. The summed E-state index contributed by atoms with van der Waals surface area (Å²) in [5, 5.41) is 14.5. The van der Waals surface area contributed by atoms with Crippen LogP contribution in [-0.2, 0) is 0 Å². The number of aromatic amines is 2. The topological polar surface area (TPSA) is 56.5 Å². The van der Waals surface area contributed by atoms with Crippen molar-refractivity contribution in [3.8, 4) is 11.4 Å². The van der Waals surface area contributed by atoms with Gasteiger partial charge < -0.3 is 10.3 Å². The number of nitrogens with zero attached hydrogens (tertiary/aromatic N) is 1. The van der Waals surface area contributed by atoms with Crippen molar-refractivity contribution in [2.24, 2.45) is 0 Å². The van der Waals surface area contributed by atoms with Gasteiger partial charge in [0, 0.05) is 33.6 Å². The van der Waals surface area contributed by atoms with Crippen LogP contribution in [-0.4, -0.2) is 28.3 Å². The number of rotatable bonds is 5. The molecule has 3 aromatic heterocycles. The van der Waals surface area contributed by atoms with Crippen LogP contribution in [0.2, 0.25) is 0 Å². The number of hydrogen-bond donors (Lipinski definition) is 3. The van der Waals surface area contributed by atoms with Crippen LogP contribution in [0.25, 0.3) is 33.4 Å². The monoisotopic (exact) mass is 412 g/mol. The van der Waals surface area contributed by atoms with Gasteiger partial charge in [-0.3, -0.25) is 5.10 Å². The molecule has 3 N–H and O–H groups in total. The van der Waals surface area contributed by atoms with Crippen LogP contribution in [0.3, 0.4) is 0 Å². The Bertz CT molecular complexity index is 1270. The first-order valence-corrected chi connectivity index (χ1v) is 11.1. The van der Waals surface area contributed by atoms with Crippen molar-refractivity contribution < 1.29 is 0 Å². The molecular formula is C25H24N4S. The second kappa shape index (κ2) is 7.94. The molecule has 5 rings (SSSR count). The van der Waals surface area contributed by atoms with Crippen molar-refractivity contribution in [1.82, 2.24) is 20.5 Å². The van der Waals surface area contributed by atoms with Gasteiger partial charge in [-0.2, -0.15) is 5.10 Å². The van der Waals surface area contributed by atoms with E-state index in [4.69, 9.17) is 0 Å². The quantitative estimate of drug-likeness (QED) is 0.356. The molecule has 0 unspecified atom stereocenters. The summed E-state index contributed by atoms with van der Waals surface area (Å²) in [6.45, 7) is 7.99. The van der Waals surface area contributed by atoms with E-state index in [0.717, 1.165) is 47.5 Å². The summed E-state index contributed by atoms with van der Waals surface area (Å²) in [5.74, 6) is 0. The number of nitrogens with one attached hydrogen (secondary N) is 3. The number of allylic oxidation sites excluding steroid dienone is 2. The Balaban J connectivity index is 1.59. The lowest BCUT2D eigenvalue weighted by Crippen LogP contribution is -2.19. The number of H-pyrrole nitrogens is 2. The Hall–Kier alpha value is -3.15. The fraction of sp³-hybridized carbons (Fsp3) is 0.160. The van der Waals surface area contributed by atoms with Gasteiger partial charge in [-0.25, -0.2) is 0 Å².